The maximum absolute atomic E-state index is 12.5. The zero-order chi connectivity index (χ0) is 20.5. The molecule has 3 amide bonds. The van der Waals surface area contributed by atoms with Crippen molar-refractivity contribution in [3.8, 4) is 0 Å². The summed E-state index contributed by atoms with van der Waals surface area (Å²) in [5.74, 6) is -0.645. The van der Waals surface area contributed by atoms with Crippen molar-refractivity contribution in [3.05, 3.63) is 50.4 Å². The second kappa shape index (κ2) is 8.00. The number of fused-ring (bicyclic) bond motifs is 1. The van der Waals surface area contributed by atoms with Crippen LogP contribution in [0.2, 0.25) is 0 Å². The molecule has 1 aliphatic heterocycles. The molecule has 1 aromatic carbocycles. The lowest BCUT2D eigenvalue weighted by Crippen LogP contribution is -2.37. The van der Waals surface area contributed by atoms with Crippen molar-refractivity contribution in [1.82, 2.24) is 15.2 Å². The van der Waals surface area contributed by atoms with Crippen LogP contribution in [-0.2, 0) is 4.74 Å². The number of carbonyl (C=O) groups excluding carboxylic acids is 3. The highest BCUT2D eigenvalue weighted by Gasteiger charge is 2.35. The lowest BCUT2D eigenvalue weighted by atomic mass is 10.1. The van der Waals surface area contributed by atoms with Gasteiger partial charge in [-0.15, -0.1) is 11.3 Å². The van der Waals surface area contributed by atoms with E-state index in [-0.39, 0.29) is 18.4 Å². The van der Waals surface area contributed by atoms with Gasteiger partial charge in [0.25, 0.3) is 11.8 Å². The number of hydrogen-bond acceptors (Lipinski definition) is 6. The van der Waals surface area contributed by atoms with E-state index in [4.69, 9.17) is 4.74 Å². The molecule has 9 heteroatoms. The van der Waals surface area contributed by atoms with Crippen LogP contribution < -0.4 is 5.32 Å². The van der Waals surface area contributed by atoms with Gasteiger partial charge in [-0.1, -0.05) is 12.1 Å². The first kappa shape index (κ1) is 20.5. The predicted octanol–water partition coefficient (Wildman–Crippen LogP) is 4.16. The summed E-state index contributed by atoms with van der Waals surface area (Å²) in [5.41, 5.74) is 0.169. The fourth-order valence-corrected chi connectivity index (χ4v) is 4.19. The standard InChI is InChI=1S/C19H20BrN3O4S/c1-19(2,3)27-18(26)21-13(15-22-14(20)10-28-15)8-9-23-16(24)11-6-4-5-7-12(11)17(23)25/h4-7,10,13H,8-9H2,1-3H3,(H,21,26). The number of hydrogen-bond donors (Lipinski definition) is 1. The Morgan fingerprint density at radius 2 is 1.86 bits per heavy atom. The van der Waals surface area contributed by atoms with Gasteiger partial charge in [0, 0.05) is 11.9 Å². The lowest BCUT2D eigenvalue weighted by Gasteiger charge is -2.24. The van der Waals surface area contributed by atoms with Crippen LogP contribution in [0.3, 0.4) is 0 Å². The first-order valence-corrected chi connectivity index (χ1v) is 10.4. The van der Waals surface area contributed by atoms with E-state index < -0.39 is 17.7 Å². The highest BCUT2D eigenvalue weighted by molar-refractivity contribution is 9.10. The molecule has 0 spiro atoms. The molecule has 2 heterocycles. The Morgan fingerprint density at radius 1 is 1.25 bits per heavy atom. The number of rotatable bonds is 5. The Bertz CT molecular complexity index is 887. The third kappa shape index (κ3) is 4.59. The first-order chi connectivity index (χ1) is 13.2. The molecule has 1 aliphatic rings. The third-order valence-electron chi connectivity index (χ3n) is 4.00. The maximum Gasteiger partial charge on any atom is 0.408 e. The van der Waals surface area contributed by atoms with E-state index in [1.54, 1.807) is 50.4 Å². The van der Waals surface area contributed by atoms with E-state index in [9.17, 15) is 14.4 Å². The van der Waals surface area contributed by atoms with Gasteiger partial charge in [0.05, 0.1) is 17.2 Å². The first-order valence-electron chi connectivity index (χ1n) is 8.71. The normalized spacial score (nSPS) is 14.8. The van der Waals surface area contributed by atoms with Gasteiger partial charge in [-0.3, -0.25) is 14.5 Å². The lowest BCUT2D eigenvalue weighted by molar-refractivity contribution is 0.0498. The summed E-state index contributed by atoms with van der Waals surface area (Å²) in [6.07, 6.45) is -0.254. The van der Waals surface area contributed by atoms with Crippen LogP contribution in [0.5, 0.6) is 0 Å². The van der Waals surface area contributed by atoms with E-state index in [0.717, 1.165) is 0 Å². The number of imide groups is 1. The summed E-state index contributed by atoms with van der Waals surface area (Å²) in [7, 11) is 0. The van der Waals surface area contributed by atoms with E-state index in [0.29, 0.717) is 27.2 Å². The molecular formula is C19H20BrN3O4S. The van der Waals surface area contributed by atoms with Crippen molar-refractivity contribution in [2.45, 2.75) is 38.8 Å². The summed E-state index contributed by atoms with van der Waals surface area (Å²) in [6, 6.07) is 6.25. The van der Waals surface area contributed by atoms with Crippen molar-refractivity contribution in [2.24, 2.45) is 0 Å². The molecule has 1 N–H and O–H groups in total. The SMILES string of the molecule is CC(C)(C)OC(=O)NC(CCN1C(=O)c2ccccc2C1=O)c1nc(Br)cs1. The molecule has 0 aliphatic carbocycles. The number of thiazole rings is 1. The molecule has 0 saturated carbocycles. The minimum Gasteiger partial charge on any atom is -0.444 e. The van der Waals surface area contributed by atoms with Crippen molar-refractivity contribution in [3.63, 3.8) is 0 Å². The molecule has 3 rings (SSSR count). The summed E-state index contributed by atoms with van der Waals surface area (Å²) in [4.78, 5) is 42.9. The smallest absolute Gasteiger partial charge is 0.408 e. The molecule has 2 aromatic rings. The zero-order valence-electron chi connectivity index (χ0n) is 15.7. The Morgan fingerprint density at radius 3 is 2.36 bits per heavy atom. The molecule has 148 valence electrons. The van der Waals surface area contributed by atoms with Crippen LogP contribution >= 0.6 is 27.3 Å². The highest BCUT2D eigenvalue weighted by atomic mass is 79.9. The molecular weight excluding hydrogens is 446 g/mol. The quantitative estimate of drug-likeness (QED) is 0.669. The van der Waals surface area contributed by atoms with Gasteiger partial charge in [0.15, 0.2) is 0 Å². The predicted molar refractivity (Wildman–Crippen MR) is 108 cm³/mol. The van der Waals surface area contributed by atoms with Crippen molar-refractivity contribution >= 4 is 45.2 Å². The molecule has 28 heavy (non-hydrogen) atoms. The average molecular weight is 466 g/mol. The highest BCUT2D eigenvalue weighted by Crippen LogP contribution is 2.27. The average Bonchev–Trinajstić information content (AvgIpc) is 3.14. The molecule has 0 saturated heterocycles. The zero-order valence-corrected chi connectivity index (χ0v) is 18.1. The van der Waals surface area contributed by atoms with Crippen LogP contribution in [0.4, 0.5) is 4.79 Å². The summed E-state index contributed by atoms with van der Waals surface area (Å²) < 4.78 is 5.99. The van der Waals surface area contributed by atoms with Crippen molar-refractivity contribution < 1.29 is 19.1 Å². The van der Waals surface area contributed by atoms with Gasteiger partial charge < -0.3 is 10.1 Å². The van der Waals surface area contributed by atoms with E-state index in [2.05, 4.69) is 26.2 Å². The Labute approximate surface area is 175 Å². The second-order valence-corrected chi connectivity index (χ2v) is 9.01. The van der Waals surface area contributed by atoms with Crippen LogP contribution in [0.15, 0.2) is 34.2 Å². The van der Waals surface area contributed by atoms with Gasteiger partial charge >= 0.3 is 6.09 Å². The Kier molecular flexibility index (Phi) is 5.85. The number of halogens is 1. The van der Waals surface area contributed by atoms with Gasteiger partial charge in [0.2, 0.25) is 0 Å². The van der Waals surface area contributed by atoms with Gasteiger partial charge in [0.1, 0.15) is 15.2 Å². The Balaban J connectivity index is 1.73. The largest absolute Gasteiger partial charge is 0.444 e. The Hall–Kier alpha value is -2.26. The number of nitrogens with zero attached hydrogens (tertiary/aromatic N) is 2. The van der Waals surface area contributed by atoms with Gasteiger partial charge in [-0.05, 0) is 55.3 Å². The number of aromatic nitrogens is 1. The monoisotopic (exact) mass is 465 g/mol. The number of benzene rings is 1. The number of nitrogens with one attached hydrogen (secondary N) is 1. The molecule has 1 atom stereocenters. The molecule has 1 aromatic heterocycles. The topological polar surface area (TPSA) is 88.6 Å². The molecule has 0 fully saturated rings. The number of carbonyl (C=O) groups is 3. The summed E-state index contributed by atoms with van der Waals surface area (Å²) in [6.45, 7) is 5.49. The molecule has 0 bridgehead atoms. The minimum atomic E-state index is -0.638. The number of alkyl carbamates (subject to hydrolysis) is 1. The van der Waals surface area contributed by atoms with E-state index in [1.165, 1.54) is 16.2 Å². The van der Waals surface area contributed by atoms with Crippen LogP contribution in [0.25, 0.3) is 0 Å². The second-order valence-electron chi connectivity index (χ2n) is 7.30. The van der Waals surface area contributed by atoms with Crippen LogP contribution in [0, 0.1) is 0 Å². The third-order valence-corrected chi connectivity index (χ3v) is 5.67. The maximum atomic E-state index is 12.5. The summed E-state index contributed by atoms with van der Waals surface area (Å²) in [5, 5.41) is 5.26. The van der Waals surface area contributed by atoms with E-state index >= 15 is 0 Å². The van der Waals surface area contributed by atoms with Gasteiger partial charge in [-0.25, -0.2) is 9.78 Å². The van der Waals surface area contributed by atoms with Crippen LogP contribution in [-0.4, -0.2) is 39.9 Å². The van der Waals surface area contributed by atoms with Crippen molar-refractivity contribution in [2.75, 3.05) is 6.54 Å². The fourth-order valence-electron chi connectivity index (χ4n) is 2.83. The van der Waals surface area contributed by atoms with Crippen LogP contribution in [0.1, 0.15) is 59.0 Å². The molecule has 0 radical (unpaired) electrons. The molecule has 7 nitrogen and oxygen atoms in total. The van der Waals surface area contributed by atoms with Gasteiger partial charge in [-0.2, -0.15) is 0 Å². The number of ether oxygens (including phenoxy) is 1. The van der Waals surface area contributed by atoms with Crippen molar-refractivity contribution in [1.29, 1.82) is 0 Å². The number of amides is 3. The molecule has 1 unspecified atom stereocenters. The summed E-state index contributed by atoms with van der Waals surface area (Å²) >= 11 is 4.68. The van der Waals surface area contributed by atoms with E-state index in [1.807, 2.05) is 0 Å². The fraction of sp³-hybridized carbons (Fsp3) is 0.368. The minimum absolute atomic E-state index is 0.157.